The third-order valence-corrected chi connectivity index (χ3v) is 5.01. The molecule has 0 aromatic heterocycles. The third-order valence-electron chi connectivity index (χ3n) is 3.19. The Labute approximate surface area is 98.7 Å². The molecule has 0 N–H and O–H groups in total. The number of hydrogen-bond acceptors (Lipinski definition) is 2. The summed E-state index contributed by atoms with van der Waals surface area (Å²) < 4.78 is 12.2. The van der Waals surface area contributed by atoms with Crippen LogP contribution in [0.4, 0.5) is 0 Å². The predicted octanol–water partition coefficient (Wildman–Crippen LogP) is 2.80. The number of aryl methyl sites for hydroxylation is 1. The summed E-state index contributed by atoms with van der Waals surface area (Å²) in [6.07, 6.45) is 2.65. The zero-order valence-corrected chi connectivity index (χ0v) is 10.2. The lowest BCUT2D eigenvalue weighted by Gasteiger charge is -2.11. The van der Waals surface area contributed by atoms with E-state index >= 15 is 0 Å². The zero-order chi connectivity index (χ0) is 11.6. The van der Waals surface area contributed by atoms with Gasteiger partial charge in [-0.2, -0.15) is 5.26 Å². The van der Waals surface area contributed by atoms with Gasteiger partial charge in [-0.1, -0.05) is 18.2 Å². The average Bonchev–Trinajstić information content (AvgIpc) is 2.99. The SMILES string of the molecule is Cc1ccccc1S(=O)CC1(CC#N)CC1. The van der Waals surface area contributed by atoms with Gasteiger partial charge in [0.2, 0.25) is 0 Å². The van der Waals surface area contributed by atoms with Crippen molar-refractivity contribution < 1.29 is 4.21 Å². The molecular weight excluding hydrogens is 218 g/mol. The van der Waals surface area contributed by atoms with Crippen molar-refractivity contribution in [1.29, 1.82) is 5.26 Å². The maximum absolute atomic E-state index is 12.2. The number of nitrogens with zero attached hydrogens (tertiary/aromatic N) is 1. The Balaban J connectivity index is 2.10. The number of benzene rings is 1. The summed E-state index contributed by atoms with van der Waals surface area (Å²) in [5, 5.41) is 8.73. The Morgan fingerprint density at radius 1 is 1.44 bits per heavy atom. The van der Waals surface area contributed by atoms with Crippen molar-refractivity contribution in [2.24, 2.45) is 5.41 Å². The van der Waals surface area contributed by atoms with Crippen molar-refractivity contribution in [3.63, 3.8) is 0 Å². The van der Waals surface area contributed by atoms with E-state index in [1.165, 1.54) is 0 Å². The van der Waals surface area contributed by atoms with E-state index in [4.69, 9.17) is 5.26 Å². The summed E-state index contributed by atoms with van der Waals surface area (Å²) >= 11 is 0. The minimum absolute atomic E-state index is 0.0574. The van der Waals surface area contributed by atoms with Gasteiger partial charge < -0.3 is 0 Å². The van der Waals surface area contributed by atoms with Crippen LogP contribution in [0.3, 0.4) is 0 Å². The van der Waals surface area contributed by atoms with Crippen LogP contribution in [0.25, 0.3) is 0 Å². The fourth-order valence-corrected chi connectivity index (χ4v) is 3.64. The van der Waals surface area contributed by atoms with Gasteiger partial charge in [-0.25, -0.2) is 0 Å². The lowest BCUT2D eigenvalue weighted by molar-refractivity contribution is 0.587. The highest BCUT2D eigenvalue weighted by molar-refractivity contribution is 7.85. The van der Waals surface area contributed by atoms with E-state index in [1.807, 2.05) is 31.2 Å². The molecule has 1 unspecified atom stereocenters. The monoisotopic (exact) mass is 233 g/mol. The third kappa shape index (κ3) is 2.33. The largest absolute Gasteiger partial charge is 0.254 e. The highest BCUT2D eigenvalue weighted by Crippen LogP contribution is 2.49. The van der Waals surface area contributed by atoms with Gasteiger partial charge in [0, 0.05) is 17.1 Å². The topological polar surface area (TPSA) is 40.9 Å². The van der Waals surface area contributed by atoms with Gasteiger partial charge in [0.1, 0.15) is 0 Å². The molecule has 0 amide bonds. The zero-order valence-electron chi connectivity index (χ0n) is 9.40. The first kappa shape index (κ1) is 11.3. The van der Waals surface area contributed by atoms with Gasteiger partial charge in [0.05, 0.1) is 16.9 Å². The first-order chi connectivity index (χ1) is 7.67. The van der Waals surface area contributed by atoms with Crippen LogP contribution >= 0.6 is 0 Å². The van der Waals surface area contributed by atoms with Crippen LogP contribution in [0.1, 0.15) is 24.8 Å². The van der Waals surface area contributed by atoms with E-state index in [1.54, 1.807) is 0 Å². The maximum Gasteiger partial charge on any atom is 0.0627 e. The van der Waals surface area contributed by atoms with Crippen molar-refractivity contribution in [2.45, 2.75) is 31.1 Å². The van der Waals surface area contributed by atoms with Crippen molar-refractivity contribution in [3.05, 3.63) is 29.8 Å². The second-order valence-corrected chi connectivity index (χ2v) is 6.01. The maximum atomic E-state index is 12.2. The van der Waals surface area contributed by atoms with Crippen LogP contribution < -0.4 is 0 Å². The molecule has 1 atom stereocenters. The van der Waals surface area contributed by atoms with Crippen LogP contribution in [-0.4, -0.2) is 9.96 Å². The molecular formula is C13H15NOS. The first-order valence-corrected chi connectivity index (χ1v) is 6.80. The van der Waals surface area contributed by atoms with Crippen LogP contribution in [-0.2, 0) is 10.8 Å². The predicted molar refractivity (Wildman–Crippen MR) is 64.4 cm³/mol. The molecule has 1 fully saturated rings. The Morgan fingerprint density at radius 3 is 2.69 bits per heavy atom. The molecule has 0 heterocycles. The van der Waals surface area contributed by atoms with Crippen LogP contribution in [0.2, 0.25) is 0 Å². The van der Waals surface area contributed by atoms with Gasteiger partial charge >= 0.3 is 0 Å². The van der Waals surface area contributed by atoms with E-state index in [2.05, 4.69) is 6.07 Å². The molecule has 1 aliphatic carbocycles. The van der Waals surface area contributed by atoms with Crippen molar-refractivity contribution in [1.82, 2.24) is 0 Å². The molecule has 16 heavy (non-hydrogen) atoms. The van der Waals surface area contributed by atoms with Gasteiger partial charge in [-0.05, 0) is 36.8 Å². The molecule has 0 spiro atoms. The van der Waals surface area contributed by atoms with Crippen LogP contribution in [0, 0.1) is 23.7 Å². The smallest absolute Gasteiger partial charge is 0.0627 e. The summed E-state index contributed by atoms with van der Waals surface area (Å²) in [5.41, 5.74) is 1.13. The molecule has 2 rings (SSSR count). The molecule has 1 aromatic rings. The minimum Gasteiger partial charge on any atom is -0.254 e. The molecule has 2 nitrogen and oxygen atoms in total. The molecule has 0 saturated heterocycles. The second kappa shape index (κ2) is 4.39. The minimum atomic E-state index is -0.955. The number of rotatable bonds is 4. The summed E-state index contributed by atoms with van der Waals surface area (Å²) in [4.78, 5) is 0.923. The summed E-state index contributed by atoms with van der Waals surface area (Å²) in [7, 11) is -0.955. The van der Waals surface area contributed by atoms with Crippen molar-refractivity contribution >= 4 is 10.8 Å². The summed E-state index contributed by atoms with van der Waals surface area (Å²) in [6.45, 7) is 1.98. The number of nitriles is 1. The van der Waals surface area contributed by atoms with Gasteiger partial charge in [0.25, 0.3) is 0 Å². The van der Waals surface area contributed by atoms with Crippen molar-refractivity contribution in [2.75, 3.05) is 5.75 Å². The molecule has 1 aromatic carbocycles. The van der Waals surface area contributed by atoms with Gasteiger partial charge in [-0.3, -0.25) is 4.21 Å². The summed E-state index contributed by atoms with van der Waals surface area (Å²) in [5.74, 6) is 0.644. The highest BCUT2D eigenvalue weighted by atomic mass is 32.2. The average molecular weight is 233 g/mol. The van der Waals surface area contributed by atoms with E-state index < -0.39 is 10.8 Å². The Hall–Kier alpha value is -1.14. The van der Waals surface area contributed by atoms with E-state index in [0.717, 1.165) is 23.3 Å². The van der Waals surface area contributed by atoms with Crippen LogP contribution in [0.15, 0.2) is 29.2 Å². The normalized spacial score (nSPS) is 18.8. The molecule has 3 heteroatoms. The van der Waals surface area contributed by atoms with E-state index in [0.29, 0.717) is 12.2 Å². The molecule has 0 radical (unpaired) electrons. The lowest BCUT2D eigenvalue weighted by Crippen LogP contribution is -2.12. The van der Waals surface area contributed by atoms with E-state index in [9.17, 15) is 4.21 Å². The van der Waals surface area contributed by atoms with Crippen LogP contribution in [0.5, 0.6) is 0 Å². The summed E-state index contributed by atoms with van der Waals surface area (Å²) in [6, 6.07) is 9.99. The Bertz CT molecular complexity index is 457. The molecule has 1 saturated carbocycles. The molecule has 1 aliphatic rings. The fraction of sp³-hybridized carbons (Fsp3) is 0.462. The van der Waals surface area contributed by atoms with Gasteiger partial charge in [0.15, 0.2) is 0 Å². The quantitative estimate of drug-likeness (QED) is 0.802. The first-order valence-electron chi connectivity index (χ1n) is 5.48. The van der Waals surface area contributed by atoms with E-state index in [-0.39, 0.29) is 5.41 Å². The number of hydrogen-bond donors (Lipinski definition) is 0. The molecule has 84 valence electrons. The Kier molecular flexibility index (Phi) is 3.11. The van der Waals surface area contributed by atoms with Crippen molar-refractivity contribution in [3.8, 4) is 6.07 Å². The Morgan fingerprint density at radius 2 is 2.12 bits per heavy atom. The lowest BCUT2D eigenvalue weighted by atomic mass is 10.1. The highest BCUT2D eigenvalue weighted by Gasteiger charge is 2.44. The standard InChI is InChI=1S/C13H15NOS/c1-11-4-2-3-5-12(11)16(15)10-13(6-7-13)8-9-14/h2-5H,6-8,10H2,1H3. The molecule has 0 bridgehead atoms. The van der Waals surface area contributed by atoms with Gasteiger partial charge in [-0.15, -0.1) is 0 Å². The molecule has 0 aliphatic heterocycles. The second-order valence-electron chi connectivity index (χ2n) is 4.59. The fourth-order valence-electron chi connectivity index (χ4n) is 1.88.